The van der Waals surface area contributed by atoms with Crippen molar-refractivity contribution in [3.05, 3.63) is 36.3 Å². The molecule has 4 bridgehead atoms. The van der Waals surface area contributed by atoms with E-state index in [1.807, 2.05) is 35.0 Å². The van der Waals surface area contributed by atoms with Crippen LogP contribution in [-0.4, -0.2) is 15.3 Å². The molecule has 132 valence electrons. The van der Waals surface area contributed by atoms with E-state index in [0.29, 0.717) is 17.4 Å². The zero-order chi connectivity index (χ0) is 17.3. The third kappa shape index (κ3) is 2.41. The molecule has 1 N–H and O–H groups in total. The van der Waals surface area contributed by atoms with Gasteiger partial charge < -0.3 is 9.72 Å². The highest BCUT2D eigenvalue weighted by atomic mass is 16.2. The summed E-state index contributed by atoms with van der Waals surface area (Å²) in [6.45, 7) is 5.36. The number of nitrogens with zero attached hydrogens (tertiary/aromatic N) is 2. The molecular formula is C21H27N3O. The third-order valence-electron chi connectivity index (χ3n) is 6.95. The van der Waals surface area contributed by atoms with Crippen LogP contribution in [0.3, 0.4) is 0 Å². The molecule has 4 aliphatic rings. The summed E-state index contributed by atoms with van der Waals surface area (Å²) in [5, 5.41) is 3.24. The molecular weight excluding hydrogens is 310 g/mol. The molecule has 0 aliphatic heterocycles. The van der Waals surface area contributed by atoms with Gasteiger partial charge in [-0.1, -0.05) is 19.9 Å². The minimum absolute atomic E-state index is 0.137. The summed E-state index contributed by atoms with van der Waals surface area (Å²) in [6.07, 6.45) is 11.2. The van der Waals surface area contributed by atoms with Gasteiger partial charge in [0.05, 0.1) is 17.7 Å². The minimum atomic E-state index is -0.137. The molecule has 2 atom stereocenters. The molecule has 4 saturated carbocycles. The molecule has 4 aliphatic carbocycles. The maximum atomic E-state index is 13.2. The van der Waals surface area contributed by atoms with Crippen LogP contribution in [0, 0.1) is 22.2 Å². The second-order valence-electron chi connectivity index (χ2n) is 9.79. The highest BCUT2D eigenvalue weighted by molar-refractivity contribution is 5.83. The van der Waals surface area contributed by atoms with Crippen molar-refractivity contribution in [3.63, 3.8) is 0 Å². The Hall–Kier alpha value is -1.84. The molecule has 25 heavy (non-hydrogen) atoms. The Balaban J connectivity index is 1.35. The van der Waals surface area contributed by atoms with Gasteiger partial charge in [-0.2, -0.15) is 0 Å². The van der Waals surface area contributed by atoms with E-state index >= 15 is 0 Å². The summed E-state index contributed by atoms with van der Waals surface area (Å²) in [7, 11) is 0. The van der Waals surface area contributed by atoms with Gasteiger partial charge in [-0.05, 0) is 67.4 Å². The Kier molecular flexibility index (Phi) is 3.00. The first-order valence-corrected chi connectivity index (χ1v) is 9.58. The number of hydrogen-bond acceptors (Lipinski definition) is 2. The van der Waals surface area contributed by atoms with Crippen LogP contribution in [0.15, 0.2) is 30.6 Å². The topological polar surface area (TPSA) is 46.4 Å². The zero-order valence-corrected chi connectivity index (χ0v) is 15.2. The lowest BCUT2D eigenvalue weighted by Crippen LogP contribution is -2.59. The van der Waals surface area contributed by atoms with Gasteiger partial charge in [-0.15, -0.1) is 0 Å². The first-order valence-electron chi connectivity index (χ1n) is 9.58. The summed E-state index contributed by atoms with van der Waals surface area (Å²) < 4.78 is 2.01. The molecule has 2 aromatic rings. The van der Waals surface area contributed by atoms with Crippen LogP contribution >= 0.6 is 0 Å². The minimum Gasteiger partial charge on any atom is -0.350 e. The quantitative estimate of drug-likeness (QED) is 0.922. The summed E-state index contributed by atoms with van der Waals surface area (Å²) in [6, 6.07) is 5.97. The van der Waals surface area contributed by atoms with Gasteiger partial charge in [-0.25, -0.2) is 4.98 Å². The number of fused-ring (bicyclic) bond motifs is 1. The normalized spacial score (nSPS) is 39.0. The van der Waals surface area contributed by atoms with E-state index in [2.05, 4.69) is 24.1 Å². The average Bonchev–Trinajstić information content (AvgIpc) is 2.91. The standard InChI is InChI=1S/C21H27N3O/c1-19-7-15-8-20(2,12-19)14-21(9-15,13-19)18(25)22-10-16-11-24-6-4-3-5-17(24)23-16/h3-6,11,15H,7-10,12-14H2,1-2H3,(H,22,25). The van der Waals surface area contributed by atoms with E-state index in [9.17, 15) is 4.79 Å². The number of nitrogens with one attached hydrogen (secondary N) is 1. The van der Waals surface area contributed by atoms with Crippen LogP contribution in [0.1, 0.15) is 58.1 Å². The first-order chi connectivity index (χ1) is 11.9. The number of aromatic nitrogens is 2. The predicted octanol–water partition coefficient (Wildman–Crippen LogP) is 3.95. The van der Waals surface area contributed by atoms with Crippen LogP contribution in [0.25, 0.3) is 5.65 Å². The lowest BCUT2D eigenvalue weighted by molar-refractivity contribution is -0.170. The second kappa shape index (κ2) is 4.87. The molecule has 0 saturated heterocycles. The van der Waals surface area contributed by atoms with Crippen molar-refractivity contribution in [1.82, 2.24) is 14.7 Å². The Bertz CT molecular complexity index is 803. The van der Waals surface area contributed by atoms with Gasteiger partial charge in [0.2, 0.25) is 5.91 Å². The van der Waals surface area contributed by atoms with Gasteiger partial charge >= 0.3 is 0 Å². The van der Waals surface area contributed by atoms with Crippen LogP contribution in [0.5, 0.6) is 0 Å². The van der Waals surface area contributed by atoms with Crippen LogP contribution in [-0.2, 0) is 11.3 Å². The molecule has 0 aromatic carbocycles. The summed E-state index contributed by atoms with van der Waals surface area (Å²) in [5.74, 6) is 1.01. The first kappa shape index (κ1) is 15.4. The van der Waals surface area contributed by atoms with Crippen molar-refractivity contribution >= 4 is 11.6 Å². The number of carbonyl (C=O) groups is 1. The lowest BCUT2D eigenvalue weighted by Gasteiger charge is -2.64. The molecule has 0 radical (unpaired) electrons. The van der Waals surface area contributed by atoms with Gasteiger partial charge in [0.25, 0.3) is 0 Å². The number of hydrogen-bond donors (Lipinski definition) is 1. The maximum absolute atomic E-state index is 13.2. The Morgan fingerprint density at radius 1 is 1.20 bits per heavy atom. The van der Waals surface area contributed by atoms with Crippen molar-refractivity contribution in [3.8, 4) is 0 Å². The van der Waals surface area contributed by atoms with E-state index in [1.54, 1.807) is 0 Å². The van der Waals surface area contributed by atoms with Crippen molar-refractivity contribution < 1.29 is 4.79 Å². The largest absolute Gasteiger partial charge is 0.350 e. The highest BCUT2D eigenvalue weighted by Crippen LogP contribution is 2.69. The monoisotopic (exact) mass is 337 g/mol. The molecule has 6 rings (SSSR count). The highest BCUT2D eigenvalue weighted by Gasteiger charge is 2.62. The van der Waals surface area contributed by atoms with E-state index in [-0.39, 0.29) is 11.3 Å². The molecule has 1 amide bonds. The van der Waals surface area contributed by atoms with Gasteiger partial charge in [0, 0.05) is 12.4 Å². The fourth-order valence-electron chi connectivity index (χ4n) is 7.13. The summed E-state index contributed by atoms with van der Waals surface area (Å²) >= 11 is 0. The second-order valence-corrected chi connectivity index (χ2v) is 9.79. The van der Waals surface area contributed by atoms with Crippen molar-refractivity contribution in [2.45, 2.75) is 58.9 Å². The molecule has 4 fully saturated rings. The maximum Gasteiger partial charge on any atom is 0.226 e. The Labute approximate surface area is 149 Å². The third-order valence-corrected chi connectivity index (χ3v) is 6.95. The number of pyridine rings is 1. The smallest absolute Gasteiger partial charge is 0.226 e. The molecule has 0 spiro atoms. The predicted molar refractivity (Wildman–Crippen MR) is 96.9 cm³/mol. The molecule has 2 unspecified atom stereocenters. The number of rotatable bonds is 3. The molecule has 2 heterocycles. The van der Waals surface area contributed by atoms with Crippen molar-refractivity contribution in [1.29, 1.82) is 0 Å². The zero-order valence-electron chi connectivity index (χ0n) is 15.2. The average molecular weight is 337 g/mol. The van der Waals surface area contributed by atoms with Crippen LogP contribution < -0.4 is 5.32 Å². The van der Waals surface area contributed by atoms with E-state index in [4.69, 9.17) is 0 Å². The summed E-state index contributed by atoms with van der Waals surface area (Å²) in [4.78, 5) is 17.8. The fourth-order valence-corrected chi connectivity index (χ4v) is 7.13. The SMILES string of the molecule is CC12CC3CC(C)(C1)CC(C(=O)NCc1cn4ccccc4n1)(C3)C2. The molecule has 4 heteroatoms. The molecule has 4 nitrogen and oxygen atoms in total. The number of imidazole rings is 1. The van der Waals surface area contributed by atoms with Gasteiger partial charge in [-0.3, -0.25) is 4.79 Å². The fraction of sp³-hybridized carbons (Fsp3) is 0.619. The van der Waals surface area contributed by atoms with Crippen molar-refractivity contribution in [2.24, 2.45) is 22.2 Å². The molecule has 2 aromatic heterocycles. The van der Waals surface area contributed by atoms with E-state index in [0.717, 1.165) is 36.5 Å². The van der Waals surface area contributed by atoms with Gasteiger partial charge in [0.15, 0.2) is 0 Å². The lowest BCUT2D eigenvalue weighted by atomic mass is 9.40. The summed E-state index contributed by atoms with van der Waals surface area (Å²) in [5.41, 5.74) is 2.47. The Morgan fingerprint density at radius 2 is 1.96 bits per heavy atom. The van der Waals surface area contributed by atoms with E-state index < -0.39 is 0 Å². The Morgan fingerprint density at radius 3 is 2.64 bits per heavy atom. The van der Waals surface area contributed by atoms with Crippen LogP contribution in [0.4, 0.5) is 0 Å². The number of amides is 1. The van der Waals surface area contributed by atoms with E-state index in [1.165, 1.54) is 19.3 Å². The number of carbonyl (C=O) groups excluding carboxylic acids is 1. The van der Waals surface area contributed by atoms with Gasteiger partial charge in [0.1, 0.15) is 5.65 Å². The van der Waals surface area contributed by atoms with Crippen LogP contribution in [0.2, 0.25) is 0 Å². The van der Waals surface area contributed by atoms with Crippen molar-refractivity contribution in [2.75, 3.05) is 0 Å².